The van der Waals surface area contributed by atoms with Gasteiger partial charge in [0.1, 0.15) is 5.69 Å². The van der Waals surface area contributed by atoms with E-state index in [4.69, 9.17) is 0 Å². The maximum atomic E-state index is 10.6. The molecule has 0 saturated heterocycles. The number of nitrogens with one attached hydrogen (secondary N) is 2. The van der Waals surface area contributed by atoms with Gasteiger partial charge in [-0.05, 0) is 24.1 Å². The summed E-state index contributed by atoms with van der Waals surface area (Å²) in [6.07, 6.45) is 2.44. The highest BCUT2D eigenvalue weighted by atomic mass is 16.1. The van der Waals surface area contributed by atoms with Crippen LogP contribution in [0.3, 0.4) is 0 Å². The zero-order chi connectivity index (χ0) is 12.7. The van der Waals surface area contributed by atoms with E-state index >= 15 is 0 Å². The van der Waals surface area contributed by atoms with Crippen molar-refractivity contribution in [2.75, 3.05) is 13.1 Å². The second kappa shape index (κ2) is 6.75. The fourth-order valence-corrected chi connectivity index (χ4v) is 1.41. The van der Waals surface area contributed by atoms with Crippen LogP contribution in [0.4, 0.5) is 0 Å². The van der Waals surface area contributed by atoms with Crippen molar-refractivity contribution in [3.05, 3.63) is 29.1 Å². The number of amides is 1. The lowest BCUT2D eigenvalue weighted by atomic mass is 10.1. The van der Waals surface area contributed by atoms with Crippen LogP contribution in [0.2, 0.25) is 0 Å². The Bertz CT molecular complexity index is 405. The van der Waals surface area contributed by atoms with Crippen LogP contribution in [0.1, 0.15) is 28.5 Å². The third-order valence-electron chi connectivity index (χ3n) is 2.35. The molecule has 1 aromatic heterocycles. The van der Waals surface area contributed by atoms with Crippen molar-refractivity contribution >= 4 is 12.2 Å². The predicted molar refractivity (Wildman–Crippen MR) is 64.8 cm³/mol. The van der Waals surface area contributed by atoms with Gasteiger partial charge in [-0.25, -0.2) is 0 Å². The molecule has 17 heavy (non-hydrogen) atoms. The smallest absolute Gasteiger partial charge is 0.216 e. The Hall–Kier alpha value is -1.75. The minimum atomic E-state index is -0.0278. The van der Waals surface area contributed by atoms with Crippen LogP contribution in [-0.4, -0.2) is 30.3 Å². The van der Waals surface area contributed by atoms with Gasteiger partial charge in [0.25, 0.3) is 0 Å². The van der Waals surface area contributed by atoms with E-state index in [9.17, 15) is 9.59 Å². The summed E-state index contributed by atoms with van der Waals surface area (Å²) in [5.41, 5.74) is 2.54. The Balaban J connectivity index is 2.36. The molecule has 1 amide bonds. The van der Waals surface area contributed by atoms with Crippen LogP contribution < -0.4 is 10.6 Å². The summed E-state index contributed by atoms with van der Waals surface area (Å²) in [5, 5.41) is 5.89. The minimum Gasteiger partial charge on any atom is -0.355 e. The second-order valence-corrected chi connectivity index (χ2v) is 3.81. The fourth-order valence-electron chi connectivity index (χ4n) is 1.41. The Kier molecular flexibility index (Phi) is 5.29. The van der Waals surface area contributed by atoms with E-state index in [1.54, 1.807) is 12.3 Å². The van der Waals surface area contributed by atoms with Crippen LogP contribution in [0.5, 0.6) is 0 Å². The van der Waals surface area contributed by atoms with E-state index in [0.29, 0.717) is 25.3 Å². The summed E-state index contributed by atoms with van der Waals surface area (Å²) >= 11 is 0. The topological polar surface area (TPSA) is 71.1 Å². The van der Waals surface area contributed by atoms with Crippen molar-refractivity contribution in [3.8, 4) is 0 Å². The predicted octanol–water partition coefficient (Wildman–Crippen LogP) is 0.428. The number of carbonyl (C=O) groups is 2. The zero-order valence-electron chi connectivity index (χ0n) is 10.1. The molecule has 92 valence electrons. The second-order valence-electron chi connectivity index (χ2n) is 3.81. The Morgan fingerprint density at radius 2 is 2.24 bits per heavy atom. The van der Waals surface area contributed by atoms with E-state index in [0.717, 1.165) is 17.4 Å². The summed E-state index contributed by atoms with van der Waals surface area (Å²) < 4.78 is 0. The van der Waals surface area contributed by atoms with Gasteiger partial charge in [-0.15, -0.1) is 0 Å². The van der Waals surface area contributed by atoms with Gasteiger partial charge in [0.2, 0.25) is 5.91 Å². The number of rotatable bonds is 6. The number of aromatic nitrogens is 1. The maximum absolute atomic E-state index is 10.6. The third kappa shape index (κ3) is 4.74. The first-order chi connectivity index (χ1) is 8.13. The summed E-state index contributed by atoms with van der Waals surface area (Å²) in [6, 6.07) is 1.76. The van der Waals surface area contributed by atoms with Crippen molar-refractivity contribution in [1.82, 2.24) is 15.6 Å². The molecule has 0 aliphatic carbocycles. The maximum Gasteiger partial charge on any atom is 0.216 e. The Labute approximate surface area is 101 Å². The van der Waals surface area contributed by atoms with Crippen LogP contribution in [-0.2, 0) is 11.3 Å². The highest BCUT2D eigenvalue weighted by molar-refractivity contribution is 5.72. The van der Waals surface area contributed by atoms with Crippen molar-refractivity contribution in [1.29, 1.82) is 0 Å². The molecule has 0 aromatic carbocycles. The van der Waals surface area contributed by atoms with Gasteiger partial charge >= 0.3 is 0 Å². The largest absolute Gasteiger partial charge is 0.355 e. The molecule has 1 aromatic rings. The molecule has 0 aliphatic rings. The van der Waals surface area contributed by atoms with Gasteiger partial charge < -0.3 is 10.6 Å². The van der Waals surface area contributed by atoms with Crippen LogP contribution in [0.25, 0.3) is 0 Å². The highest BCUT2D eigenvalue weighted by Crippen LogP contribution is 2.06. The molecule has 0 radical (unpaired) electrons. The van der Waals surface area contributed by atoms with E-state index in [1.807, 2.05) is 6.92 Å². The first-order valence-electron chi connectivity index (χ1n) is 5.49. The Morgan fingerprint density at radius 3 is 2.82 bits per heavy atom. The normalized spacial score (nSPS) is 10.0. The number of carbonyl (C=O) groups excluding carboxylic acids is 2. The number of pyridine rings is 1. The molecule has 0 fully saturated rings. The number of nitrogens with zero attached hydrogens (tertiary/aromatic N) is 1. The Morgan fingerprint density at radius 1 is 1.47 bits per heavy atom. The van der Waals surface area contributed by atoms with Crippen LogP contribution >= 0.6 is 0 Å². The molecule has 0 bridgehead atoms. The monoisotopic (exact) mass is 235 g/mol. The molecular weight excluding hydrogens is 218 g/mol. The van der Waals surface area contributed by atoms with E-state index in [2.05, 4.69) is 15.6 Å². The molecule has 5 heteroatoms. The summed E-state index contributed by atoms with van der Waals surface area (Å²) in [7, 11) is 0. The number of aryl methyl sites for hydroxylation is 1. The van der Waals surface area contributed by atoms with Crippen LogP contribution in [0, 0.1) is 6.92 Å². The third-order valence-corrected chi connectivity index (χ3v) is 2.35. The fraction of sp³-hybridized carbons (Fsp3) is 0.417. The molecule has 1 heterocycles. The van der Waals surface area contributed by atoms with Crippen molar-refractivity contribution in [2.45, 2.75) is 20.4 Å². The van der Waals surface area contributed by atoms with Gasteiger partial charge in [-0.1, -0.05) is 0 Å². The molecule has 0 spiro atoms. The number of hydrogen-bond acceptors (Lipinski definition) is 4. The van der Waals surface area contributed by atoms with Crippen LogP contribution in [0.15, 0.2) is 12.3 Å². The van der Waals surface area contributed by atoms with Gasteiger partial charge in [0, 0.05) is 32.8 Å². The van der Waals surface area contributed by atoms with Gasteiger partial charge in [-0.2, -0.15) is 0 Å². The average Bonchev–Trinajstić information content (AvgIpc) is 2.30. The number of hydrogen-bond donors (Lipinski definition) is 2. The average molecular weight is 235 g/mol. The first-order valence-corrected chi connectivity index (χ1v) is 5.49. The molecule has 0 aliphatic heterocycles. The quantitative estimate of drug-likeness (QED) is 0.554. The van der Waals surface area contributed by atoms with Crippen molar-refractivity contribution in [3.63, 3.8) is 0 Å². The van der Waals surface area contributed by atoms with Gasteiger partial charge in [-0.3, -0.25) is 14.6 Å². The molecule has 1 rings (SSSR count). The van der Waals surface area contributed by atoms with E-state index in [-0.39, 0.29) is 5.91 Å². The van der Waals surface area contributed by atoms with E-state index < -0.39 is 0 Å². The SMILES string of the molecule is CC(=O)NCCNCc1cnc(C=O)cc1C. The van der Waals surface area contributed by atoms with Crippen molar-refractivity contribution in [2.24, 2.45) is 0 Å². The van der Waals surface area contributed by atoms with E-state index in [1.165, 1.54) is 6.92 Å². The van der Waals surface area contributed by atoms with Gasteiger partial charge in [0.15, 0.2) is 6.29 Å². The summed E-state index contributed by atoms with van der Waals surface area (Å²) in [5.74, 6) is -0.0278. The highest BCUT2D eigenvalue weighted by Gasteiger charge is 2.00. The standard InChI is InChI=1S/C12H17N3O2/c1-9-5-12(8-16)15-7-11(9)6-13-3-4-14-10(2)17/h5,7-8,13H,3-4,6H2,1-2H3,(H,14,17). The zero-order valence-corrected chi connectivity index (χ0v) is 10.1. The molecule has 0 saturated carbocycles. The van der Waals surface area contributed by atoms with Gasteiger partial charge in [0.05, 0.1) is 0 Å². The molecule has 0 atom stereocenters. The molecule has 0 unspecified atom stereocenters. The minimum absolute atomic E-state index is 0.0278. The lowest BCUT2D eigenvalue weighted by molar-refractivity contribution is -0.118. The lowest BCUT2D eigenvalue weighted by Gasteiger charge is -2.08. The van der Waals surface area contributed by atoms with Crippen molar-refractivity contribution < 1.29 is 9.59 Å². The molecule has 2 N–H and O–H groups in total. The summed E-state index contributed by atoms with van der Waals surface area (Å²) in [4.78, 5) is 25.1. The number of aldehydes is 1. The molecule has 5 nitrogen and oxygen atoms in total. The first kappa shape index (κ1) is 13.3. The lowest BCUT2D eigenvalue weighted by Crippen LogP contribution is -2.30. The summed E-state index contributed by atoms with van der Waals surface area (Å²) in [6.45, 7) is 5.42. The molecular formula is C12H17N3O2.